The third-order valence-electron chi connectivity index (χ3n) is 3.72. The number of nitrogens with zero attached hydrogens (tertiary/aromatic N) is 2. The molecule has 1 N–H and O–H groups in total. The van der Waals surface area contributed by atoms with Crippen LogP contribution in [0.4, 0.5) is 22.0 Å². The number of aromatic nitrogens is 1. The number of carbonyl (C=O) groups excluding carboxylic acids is 1. The van der Waals surface area contributed by atoms with Crippen LogP contribution in [-0.2, 0) is 6.42 Å². The van der Waals surface area contributed by atoms with Gasteiger partial charge in [-0.1, -0.05) is 20.8 Å². The van der Waals surface area contributed by atoms with E-state index in [-0.39, 0.29) is 22.3 Å². The Morgan fingerprint density at radius 3 is 2.43 bits per heavy atom. The lowest BCUT2D eigenvalue weighted by Gasteiger charge is -2.14. The molecule has 4 nitrogen and oxygen atoms in total. The smallest absolute Gasteiger partial charge is 0.379 e. The predicted molar refractivity (Wildman–Crippen MR) is 94.1 cm³/mol. The van der Waals surface area contributed by atoms with Crippen LogP contribution in [0.3, 0.4) is 0 Å². The van der Waals surface area contributed by atoms with Gasteiger partial charge in [-0.15, -0.1) is 11.3 Å². The van der Waals surface area contributed by atoms with Crippen molar-refractivity contribution in [3.8, 4) is 22.4 Å². The van der Waals surface area contributed by atoms with Gasteiger partial charge in [0.1, 0.15) is 16.6 Å². The molecule has 1 aromatic carbocycles. The summed E-state index contributed by atoms with van der Waals surface area (Å²) in [6, 6.07) is 2.48. The zero-order valence-corrected chi connectivity index (χ0v) is 16.0. The molecule has 0 spiro atoms. The van der Waals surface area contributed by atoms with Crippen LogP contribution in [0.5, 0.6) is 5.75 Å². The van der Waals surface area contributed by atoms with E-state index in [1.54, 1.807) is 6.07 Å². The predicted octanol–water partition coefficient (Wildman–Crippen LogP) is 5.64. The minimum absolute atomic E-state index is 0.0387. The second kappa shape index (κ2) is 10.1. The number of rotatable bonds is 1. The number of aryl methyl sites for hydroxylation is 1. The number of aromatic hydroxyl groups is 1. The Bertz CT molecular complexity index is 890. The summed E-state index contributed by atoms with van der Waals surface area (Å²) in [5.74, 6) is -3.82. The summed E-state index contributed by atoms with van der Waals surface area (Å²) < 4.78 is 56.4. The Morgan fingerprint density at radius 1 is 1.32 bits per heavy atom. The Balaban J connectivity index is 0.000000583. The van der Waals surface area contributed by atoms with Crippen molar-refractivity contribution in [3.05, 3.63) is 33.8 Å². The second-order valence-electron chi connectivity index (χ2n) is 5.40. The molecule has 0 bridgehead atoms. The molecule has 0 saturated carbocycles. The second-order valence-corrected chi connectivity index (χ2v) is 6.40. The number of hydrogen-bond donors (Lipinski definition) is 1. The number of phenols is 1. The van der Waals surface area contributed by atoms with Crippen molar-refractivity contribution in [2.45, 2.75) is 40.3 Å². The zero-order valence-electron chi connectivity index (χ0n) is 15.2. The molecule has 10 heteroatoms. The standard InChI is InChI=1S/C15H10F2N2O2S.C2H6.CHF3/c1-6-2-3-10-14(12(6)20)22-15(19-10)7-4-9(16)13(21)11(17)8(7)5-18;1-2;2-1(3)4/h4,6,21H,2-3H2,1H3;1-2H3;1H. The van der Waals surface area contributed by atoms with Crippen LogP contribution in [-0.4, -0.2) is 22.6 Å². The number of thiazole rings is 1. The number of halogens is 5. The summed E-state index contributed by atoms with van der Waals surface area (Å²) in [5.41, 5.74) is 0.0709. The molecule has 0 aliphatic heterocycles. The quantitative estimate of drug-likeness (QED) is 0.607. The van der Waals surface area contributed by atoms with Gasteiger partial charge in [0.25, 0.3) is 0 Å². The van der Waals surface area contributed by atoms with Crippen molar-refractivity contribution in [2.24, 2.45) is 5.92 Å². The first-order chi connectivity index (χ1) is 13.2. The van der Waals surface area contributed by atoms with Crippen LogP contribution >= 0.6 is 11.3 Å². The van der Waals surface area contributed by atoms with Crippen LogP contribution in [0.2, 0.25) is 0 Å². The van der Waals surface area contributed by atoms with Crippen LogP contribution in [0.25, 0.3) is 10.6 Å². The third-order valence-corrected chi connectivity index (χ3v) is 4.86. The highest BCUT2D eigenvalue weighted by molar-refractivity contribution is 7.17. The van der Waals surface area contributed by atoms with Crippen molar-refractivity contribution in [3.63, 3.8) is 0 Å². The average Bonchev–Trinajstić information content (AvgIpc) is 3.09. The summed E-state index contributed by atoms with van der Waals surface area (Å²) >= 11 is 1.03. The topological polar surface area (TPSA) is 74.0 Å². The maximum Gasteiger partial charge on any atom is 0.379 e. The van der Waals surface area contributed by atoms with Crippen molar-refractivity contribution in [1.82, 2.24) is 4.98 Å². The number of hydrogen-bond acceptors (Lipinski definition) is 5. The van der Waals surface area contributed by atoms with E-state index in [0.29, 0.717) is 23.4 Å². The van der Waals surface area contributed by atoms with Gasteiger partial charge in [-0.2, -0.15) is 18.4 Å². The first kappa shape index (κ1) is 23.5. The summed E-state index contributed by atoms with van der Waals surface area (Å²) in [6.45, 7) is 2.16. The maximum absolute atomic E-state index is 13.8. The number of fused-ring (bicyclic) bond motifs is 1. The number of phenolic OH excluding ortho intramolecular Hbond substituents is 1. The van der Waals surface area contributed by atoms with Crippen molar-refractivity contribution in [1.29, 1.82) is 5.26 Å². The fourth-order valence-electron chi connectivity index (χ4n) is 2.42. The molecule has 2 aromatic rings. The molecule has 1 heterocycles. The highest BCUT2D eigenvalue weighted by atomic mass is 32.1. The lowest BCUT2D eigenvalue weighted by molar-refractivity contribution is 0.00818. The number of carbonyl (C=O) groups is 1. The number of nitriles is 1. The molecule has 1 aliphatic carbocycles. The molecule has 3 rings (SSSR count). The molecule has 0 saturated heterocycles. The van der Waals surface area contributed by atoms with Gasteiger partial charge >= 0.3 is 6.68 Å². The number of alkyl halides is 3. The fourth-order valence-corrected chi connectivity index (χ4v) is 3.61. The van der Waals surface area contributed by atoms with E-state index in [1.165, 1.54) is 0 Å². The zero-order chi connectivity index (χ0) is 21.6. The number of benzene rings is 1. The lowest BCUT2D eigenvalue weighted by Crippen LogP contribution is -2.18. The first-order valence-electron chi connectivity index (χ1n) is 8.24. The lowest BCUT2D eigenvalue weighted by atomic mass is 9.92. The van der Waals surface area contributed by atoms with Crippen LogP contribution in [0.1, 0.15) is 48.1 Å². The van der Waals surface area contributed by atoms with Gasteiger partial charge in [0.15, 0.2) is 23.2 Å². The summed E-state index contributed by atoms with van der Waals surface area (Å²) in [4.78, 5) is 16.9. The minimum Gasteiger partial charge on any atom is -0.503 e. The highest BCUT2D eigenvalue weighted by Gasteiger charge is 2.29. The summed E-state index contributed by atoms with van der Waals surface area (Å²) in [7, 11) is 0. The Hall–Kier alpha value is -2.54. The molecule has 1 aliphatic rings. The van der Waals surface area contributed by atoms with Gasteiger partial charge in [0.05, 0.1) is 10.6 Å². The molecule has 0 amide bonds. The monoisotopic (exact) mass is 420 g/mol. The number of ketones is 1. The average molecular weight is 420 g/mol. The van der Waals surface area contributed by atoms with E-state index in [9.17, 15) is 31.9 Å². The van der Waals surface area contributed by atoms with Crippen LogP contribution < -0.4 is 0 Å². The largest absolute Gasteiger partial charge is 0.503 e. The van der Waals surface area contributed by atoms with Crippen molar-refractivity contribution < 1.29 is 31.9 Å². The van der Waals surface area contributed by atoms with E-state index in [2.05, 4.69) is 4.98 Å². The van der Waals surface area contributed by atoms with Gasteiger partial charge in [-0.3, -0.25) is 4.79 Å². The van der Waals surface area contributed by atoms with Gasteiger partial charge in [-0.05, 0) is 18.9 Å². The molecule has 1 aromatic heterocycles. The highest BCUT2D eigenvalue weighted by Crippen LogP contribution is 2.38. The summed E-state index contributed by atoms with van der Waals surface area (Å²) in [5, 5.41) is 18.5. The molecule has 1 atom stereocenters. The molecule has 0 radical (unpaired) electrons. The maximum atomic E-state index is 13.8. The van der Waals surface area contributed by atoms with Crippen molar-refractivity contribution >= 4 is 17.1 Å². The van der Waals surface area contributed by atoms with Gasteiger partial charge in [0, 0.05) is 11.5 Å². The van der Waals surface area contributed by atoms with E-state index >= 15 is 0 Å². The minimum atomic E-state index is -3.67. The van der Waals surface area contributed by atoms with E-state index in [4.69, 9.17) is 5.26 Å². The molecular weight excluding hydrogens is 403 g/mol. The Labute approximate surface area is 162 Å². The van der Waals surface area contributed by atoms with Gasteiger partial charge < -0.3 is 5.11 Å². The van der Waals surface area contributed by atoms with E-state index in [0.717, 1.165) is 17.4 Å². The Morgan fingerprint density at radius 2 is 1.89 bits per heavy atom. The number of Topliss-reactive ketones (excluding diaryl/α,β-unsaturated/α-hetero) is 1. The van der Waals surface area contributed by atoms with E-state index in [1.807, 2.05) is 20.8 Å². The molecule has 28 heavy (non-hydrogen) atoms. The summed E-state index contributed by atoms with van der Waals surface area (Å²) in [6.07, 6.45) is 1.29. The van der Waals surface area contributed by atoms with E-state index < -0.39 is 29.6 Å². The fraction of sp³-hybridized carbons (Fsp3) is 0.389. The van der Waals surface area contributed by atoms with Crippen LogP contribution in [0, 0.1) is 28.9 Å². The third kappa shape index (κ3) is 5.04. The first-order valence-corrected chi connectivity index (χ1v) is 9.06. The molecular formula is C18H17F5N2O2S. The van der Waals surface area contributed by atoms with Crippen LogP contribution in [0.15, 0.2) is 6.07 Å². The van der Waals surface area contributed by atoms with Crippen molar-refractivity contribution in [2.75, 3.05) is 0 Å². The van der Waals surface area contributed by atoms with Gasteiger partial charge in [0.2, 0.25) is 0 Å². The Kier molecular flexibility index (Phi) is 8.50. The van der Waals surface area contributed by atoms with Gasteiger partial charge in [-0.25, -0.2) is 13.8 Å². The molecule has 0 fully saturated rings. The molecule has 1 unspecified atom stereocenters. The molecule has 152 valence electrons. The normalized spacial score (nSPS) is 15.0. The SMILES string of the molecule is CC.CC1CCc2nc(-c3cc(F)c(O)c(F)c3C#N)sc2C1=O.FC(F)F.